The molecule has 31 heavy (non-hydrogen) atoms. The molecule has 2 N–H and O–H groups in total. The Kier molecular flexibility index (Phi) is 5.71. The molecule has 0 aliphatic rings. The number of hydrogen-bond donors (Lipinski definition) is 1. The zero-order valence-electron chi connectivity index (χ0n) is 16.1. The van der Waals surface area contributed by atoms with Gasteiger partial charge >= 0.3 is 11.9 Å². The van der Waals surface area contributed by atoms with E-state index in [-0.39, 0.29) is 22.9 Å². The van der Waals surface area contributed by atoms with E-state index < -0.39 is 21.9 Å². The molecule has 4 aromatic rings. The highest BCUT2D eigenvalue weighted by Crippen LogP contribution is 2.24. The molecule has 0 saturated carbocycles. The highest BCUT2D eigenvalue weighted by atomic mass is 32.2. The molecule has 0 aliphatic heterocycles. The van der Waals surface area contributed by atoms with E-state index in [1.165, 1.54) is 30.6 Å². The standard InChI is InChI=1S/C19H16N4O5S3/c1-28-16(24)8-9-23-13-7-6-11(31(20,26)27)10-15(13)30-19(23)22-17(25)18-21-12-4-2-3-5-14(12)29-18/h2-7,10H,8-9H2,1H3,(H2,20,26,27). The number of primary sulfonamides is 1. The molecular weight excluding hydrogens is 460 g/mol. The first-order valence-corrected chi connectivity index (χ1v) is 12.1. The second-order valence-corrected chi connectivity index (χ2v) is 10.0. The number of ether oxygens (including phenoxy) is 1. The lowest BCUT2D eigenvalue weighted by molar-refractivity contribution is -0.140. The molecule has 0 unspecified atom stereocenters. The highest BCUT2D eigenvalue weighted by Gasteiger charge is 2.16. The van der Waals surface area contributed by atoms with E-state index in [0.717, 1.165) is 16.0 Å². The molecule has 2 aromatic heterocycles. The van der Waals surface area contributed by atoms with Gasteiger partial charge in [0.05, 0.1) is 38.9 Å². The van der Waals surface area contributed by atoms with E-state index >= 15 is 0 Å². The summed E-state index contributed by atoms with van der Waals surface area (Å²) in [5.74, 6) is -0.942. The molecule has 4 rings (SSSR count). The number of benzene rings is 2. The Morgan fingerprint density at radius 1 is 1.16 bits per heavy atom. The zero-order valence-corrected chi connectivity index (χ0v) is 18.6. The van der Waals surface area contributed by atoms with Crippen LogP contribution in [-0.2, 0) is 26.1 Å². The van der Waals surface area contributed by atoms with Crippen LogP contribution in [0, 0.1) is 0 Å². The summed E-state index contributed by atoms with van der Waals surface area (Å²) in [6.07, 6.45) is 0.0573. The second kappa shape index (κ2) is 8.30. The van der Waals surface area contributed by atoms with Crippen molar-refractivity contribution < 1.29 is 22.7 Å². The number of amides is 1. The second-order valence-electron chi connectivity index (χ2n) is 6.44. The third-order valence-corrected chi connectivity index (χ3v) is 7.40. The van der Waals surface area contributed by atoms with Crippen LogP contribution in [0.2, 0.25) is 0 Å². The van der Waals surface area contributed by atoms with Crippen molar-refractivity contribution in [1.29, 1.82) is 0 Å². The summed E-state index contributed by atoms with van der Waals surface area (Å²) >= 11 is 2.36. The molecule has 2 aromatic carbocycles. The van der Waals surface area contributed by atoms with Crippen LogP contribution < -0.4 is 9.94 Å². The number of hydrogen-bond acceptors (Lipinski definition) is 8. The topological polar surface area (TPSA) is 134 Å². The lowest BCUT2D eigenvalue weighted by Crippen LogP contribution is -2.19. The van der Waals surface area contributed by atoms with E-state index in [0.29, 0.717) is 20.5 Å². The minimum atomic E-state index is -3.89. The average molecular weight is 477 g/mol. The van der Waals surface area contributed by atoms with Gasteiger partial charge in [-0.25, -0.2) is 18.5 Å². The fourth-order valence-electron chi connectivity index (χ4n) is 2.94. The van der Waals surface area contributed by atoms with Crippen LogP contribution in [0.5, 0.6) is 0 Å². The van der Waals surface area contributed by atoms with Crippen molar-refractivity contribution in [3.8, 4) is 0 Å². The van der Waals surface area contributed by atoms with Crippen LogP contribution in [-0.4, -0.2) is 37.0 Å². The summed E-state index contributed by atoms with van der Waals surface area (Å²) in [7, 11) is -2.60. The summed E-state index contributed by atoms with van der Waals surface area (Å²) in [5.41, 5.74) is 1.33. The Labute approximate surface area is 184 Å². The number of fused-ring (bicyclic) bond motifs is 2. The molecule has 12 heteroatoms. The number of sulfonamides is 1. The maximum Gasteiger partial charge on any atom is 0.308 e. The first-order chi connectivity index (χ1) is 14.8. The maximum absolute atomic E-state index is 12.8. The normalized spacial score (nSPS) is 12.5. The minimum absolute atomic E-state index is 0.0505. The highest BCUT2D eigenvalue weighted by molar-refractivity contribution is 7.89. The smallest absolute Gasteiger partial charge is 0.308 e. The van der Waals surface area contributed by atoms with E-state index in [4.69, 9.17) is 9.88 Å². The van der Waals surface area contributed by atoms with Gasteiger partial charge in [-0.05, 0) is 30.3 Å². The van der Waals surface area contributed by atoms with Crippen LogP contribution in [0.1, 0.15) is 16.2 Å². The van der Waals surface area contributed by atoms with Gasteiger partial charge in [-0.2, -0.15) is 4.99 Å². The number of aryl methyl sites for hydroxylation is 1. The Morgan fingerprint density at radius 2 is 1.94 bits per heavy atom. The Morgan fingerprint density at radius 3 is 2.65 bits per heavy atom. The number of thiazole rings is 2. The van der Waals surface area contributed by atoms with E-state index in [1.807, 2.05) is 24.3 Å². The van der Waals surface area contributed by atoms with Gasteiger partial charge in [-0.3, -0.25) is 9.59 Å². The first-order valence-electron chi connectivity index (χ1n) is 8.94. The molecule has 0 atom stereocenters. The van der Waals surface area contributed by atoms with Crippen LogP contribution in [0.3, 0.4) is 0 Å². The molecule has 0 aliphatic carbocycles. The summed E-state index contributed by atoms with van der Waals surface area (Å²) in [5, 5.41) is 5.47. The third kappa shape index (κ3) is 4.42. The lowest BCUT2D eigenvalue weighted by Gasteiger charge is -2.05. The summed E-state index contributed by atoms with van der Waals surface area (Å²) in [6, 6.07) is 11.8. The fraction of sp³-hybridized carbons (Fsp3) is 0.158. The molecule has 0 radical (unpaired) electrons. The van der Waals surface area contributed by atoms with Crippen molar-refractivity contribution in [1.82, 2.24) is 9.55 Å². The van der Waals surface area contributed by atoms with Gasteiger partial charge in [0.2, 0.25) is 10.0 Å². The molecule has 0 fully saturated rings. The van der Waals surface area contributed by atoms with Gasteiger partial charge in [0.1, 0.15) is 0 Å². The molecule has 0 saturated heterocycles. The van der Waals surface area contributed by atoms with Crippen molar-refractivity contribution in [2.75, 3.05) is 7.11 Å². The molecular formula is C19H16N4O5S3. The van der Waals surface area contributed by atoms with E-state index in [1.54, 1.807) is 10.6 Å². The predicted octanol–water partition coefficient (Wildman–Crippen LogP) is 2.26. The summed E-state index contributed by atoms with van der Waals surface area (Å²) in [6.45, 7) is 0.202. The number of rotatable bonds is 5. The van der Waals surface area contributed by atoms with Crippen molar-refractivity contribution in [2.24, 2.45) is 10.1 Å². The zero-order chi connectivity index (χ0) is 22.2. The minimum Gasteiger partial charge on any atom is -0.469 e. The predicted molar refractivity (Wildman–Crippen MR) is 117 cm³/mol. The number of nitrogens with two attached hydrogens (primary N) is 1. The SMILES string of the molecule is COC(=O)CCn1c(=NC(=O)c2nc3ccccc3s2)sc2cc(S(N)(=O)=O)ccc21. The van der Waals surface area contributed by atoms with Crippen molar-refractivity contribution >= 4 is 65.0 Å². The number of nitrogens with zero attached hydrogens (tertiary/aromatic N) is 3. The number of para-hydroxylation sites is 1. The van der Waals surface area contributed by atoms with Crippen LogP contribution >= 0.6 is 22.7 Å². The molecule has 2 heterocycles. The Hall–Kier alpha value is -2.93. The van der Waals surface area contributed by atoms with Gasteiger partial charge in [0, 0.05) is 6.54 Å². The van der Waals surface area contributed by atoms with Gasteiger partial charge in [0.15, 0.2) is 9.81 Å². The third-order valence-electron chi connectivity index (χ3n) is 4.42. The van der Waals surface area contributed by atoms with Crippen LogP contribution in [0.25, 0.3) is 20.4 Å². The Balaban J connectivity index is 1.83. The number of aromatic nitrogens is 2. The Bertz CT molecular complexity index is 1460. The average Bonchev–Trinajstić information content (AvgIpc) is 3.32. The number of methoxy groups -OCH3 is 1. The summed E-state index contributed by atoms with van der Waals surface area (Å²) in [4.78, 5) is 33.3. The monoisotopic (exact) mass is 476 g/mol. The summed E-state index contributed by atoms with van der Waals surface area (Å²) < 4.78 is 31.2. The quantitative estimate of drug-likeness (QED) is 0.439. The number of carbonyl (C=O) groups is 2. The van der Waals surface area contributed by atoms with Gasteiger partial charge < -0.3 is 9.30 Å². The maximum atomic E-state index is 12.8. The van der Waals surface area contributed by atoms with Crippen LogP contribution in [0.15, 0.2) is 52.4 Å². The first kappa shape index (κ1) is 21.3. The largest absolute Gasteiger partial charge is 0.469 e. The van der Waals surface area contributed by atoms with Gasteiger partial charge in [-0.1, -0.05) is 23.5 Å². The number of carbonyl (C=O) groups excluding carboxylic acids is 2. The van der Waals surface area contributed by atoms with Crippen molar-refractivity contribution in [2.45, 2.75) is 17.9 Å². The molecule has 9 nitrogen and oxygen atoms in total. The van der Waals surface area contributed by atoms with Gasteiger partial charge in [-0.15, -0.1) is 11.3 Å². The molecule has 160 valence electrons. The lowest BCUT2D eigenvalue weighted by atomic mass is 10.3. The van der Waals surface area contributed by atoms with E-state index in [2.05, 4.69) is 9.98 Å². The van der Waals surface area contributed by atoms with Crippen molar-refractivity contribution in [3.63, 3.8) is 0 Å². The number of esters is 1. The molecule has 0 spiro atoms. The van der Waals surface area contributed by atoms with Crippen molar-refractivity contribution in [3.05, 3.63) is 52.3 Å². The van der Waals surface area contributed by atoms with Crippen LogP contribution in [0.4, 0.5) is 0 Å². The molecule has 1 amide bonds. The van der Waals surface area contributed by atoms with E-state index in [9.17, 15) is 18.0 Å². The fourth-order valence-corrected chi connectivity index (χ4v) is 5.49. The molecule has 0 bridgehead atoms. The van der Waals surface area contributed by atoms with Gasteiger partial charge in [0.25, 0.3) is 0 Å².